The summed E-state index contributed by atoms with van der Waals surface area (Å²) in [5.74, 6) is 3.38. The number of halogens is 2. The molecule has 2 N–H and O–H groups in total. The molecule has 1 atom stereocenters. The standard InChI is InChI=1S/C14H19Cl2NS/c15-12-2-1-11(14(16)9-12)8-13(17)7-10-3-5-18-6-4-10/h1-2,9-10,13H,3-8,17H2. The molecule has 1 heterocycles. The van der Waals surface area contributed by atoms with Crippen LogP contribution in [0.3, 0.4) is 0 Å². The highest BCUT2D eigenvalue weighted by Crippen LogP contribution is 2.28. The first-order chi connectivity index (χ1) is 8.65. The van der Waals surface area contributed by atoms with Crippen LogP contribution in [0.25, 0.3) is 0 Å². The zero-order chi connectivity index (χ0) is 13.0. The fourth-order valence-electron chi connectivity index (χ4n) is 2.46. The molecule has 1 aromatic rings. The highest BCUT2D eigenvalue weighted by molar-refractivity contribution is 7.99. The Kier molecular flexibility index (Phi) is 5.68. The summed E-state index contributed by atoms with van der Waals surface area (Å²) in [7, 11) is 0. The van der Waals surface area contributed by atoms with Gasteiger partial charge in [-0.05, 0) is 60.8 Å². The van der Waals surface area contributed by atoms with Gasteiger partial charge in [-0.2, -0.15) is 11.8 Å². The second-order valence-corrected chi connectivity index (χ2v) is 7.06. The van der Waals surface area contributed by atoms with Crippen LogP contribution in [0.1, 0.15) is 24.8 Å². The smallest absolute Gasteiger partial charge is 0.0453 e. The molecule has 1 fully saturated rings. The minimum atomic E-state index is 0.205. The molecule has 1 nitrogen and oxygen atoms in total. The number of nitrogens with two attached hydrogens (primary N) is 1. The van der Waals surface area contributed by atoms with E-state index in [1.807, 2.05) is 12.1 Å². The van der Waals surface area contributed by atoms with Crippen molar-refractivity contribution in [1.82, 2.24) is 0 Å². The lowest BCUT2D eigenvalue weighted by molar-refractivity contribution is 0.406. The predicted molar refractivity (Wildman–Crippen MR) is 82.8 cm³/mol. The van der Waals surface area contributed by atoms with Crippen molar-refractivity contribution in [3.63, 3.8) is 0 Å². The van der Waals surface area contributed by atoms with Crippen LogP contribution in [0.5, 0.6) is 0 Å². The van der Waals surface area contributed by atoms with Gasteiger partial charge in [0.1, 0.15) is 0 Å². The van der Waals surface area contributed by atoms with E-state index in [9.17, 15) is 0 Å². The molecule has 18 heavy (non-hydrogen) atoms. The van der Waals surface area contributed by atoms with Crippen molar-refractivity contribution in [2.24, 2.45) is 11.7 Å². The van der Waals surface area contributed by atoms with Crippen LogP contribution in [-0.2, 0) is 6.42 Å². The summed E-state index contributed by atoms with van der Waals surface area (Å²) >= 11 is 14.1. The van der Waals surface area contributed by atoms with Crippen LogP contribution in [0, 0.1) is 5.92 Å². The first kappa shape index (κ1) is 14.5. The van der Waals surface area contributed by atoms with Gasteiger partial charge in [0.15, 0.2) is 0 Å². The maximum atomic E-state index is 6.25. The largest absolute Gasteiger partial charge is 0.327 e. The fraction of sp³-hybridized carbons (Fsp3) is 0.571. The Bertz CT molecular complexity index is 391. The minimum absolute atomic E-state index is 0.205. The molecule has 0 bridgehead atoms. The summed E-state index contributed by atoms with van der Waals surface area (Å²) in [6.07, 6.45) is 4.58. The van der Waals surface area contributed by atoms with Crippen LogP contribution < -0.4 is 5.73 Å². The van der Waals surface area contributed by atoms with Gasteiger partial charge in [0.2, 0.25) is 0 Å². The van der Waals surface area contributed by atoms with E-state index in [4.69, 9.17) is 28.9 Å². The Labute approximate surface area is 123 Å². The van der Waals surface area contributed by atoms with E-state index < -0.39 is 0 Å². The summed E-state index contributed by atoms with van der Waals surface area (Å²) < 4.78 is 0. The molecule has 4 heteroatoms. The molecule has 0 aromatic heterocycles. The number of thioether (sulfide) groups is 1. The van der Waals surface area contributed by atoms with Crippen LogP contribution >= 0.6 is 35.0 Å². The van der Waals surface area contributed by atoms with Crippen LogP contribution in [-0.4, -0.2) is 17.5 Å². The minimum Gasteiger partial charge on any atom is -0.327 e. The Morgan fingerprint density at radius 2 is 2.00 bits per heavy atom. The summed E-state index contributed by atoms with van der Waals surface area (Å²) in [4.78, 5) is 0. The third-order valence-corrected chi connectivity index (χ3v) is 5.11. The Hall–Kier alpha value is 0.110. The van der Waals surface area contributed by atoms with Gasteiger partial charge >= 0.3 is 0 Å². The fourth-order valence-corrected chi connectivity index (χ4v) is 4.15. The summed E-state index contributed by atoms with van der Waals surface area (Å²) in [5, 5.41) is 1.42. The van der Waals surface area contributed by atoms with E-state index >= 15 is 0 Å². The highest BCUT2D eigenvalue weighted by Gasteiger charge is 2.17. The van der Waals surface area contributed by atoms with E-state index in [1.165, 1.54) is 24.3 Å². The lowest BCUT2D eigenvalue weighted by Crippen LogP contribution is -2.27. The van der Waals surface area contributed by atoms with Crippen LogP contribution in [0.2, 0.25) is 10.0 Å². The average Bonchev–Trinajstić information content (AvgIpc) is 2.34. The topological polar surface area (TPSA) is 26.0 Å². The molecule has 1 saturated heterocycles. The van der Waals surface area contributed by atoms with Crippen molar-refractivity contribution in [3.05, 3.63) is 33.8 Å². The Morgan fingerprint density at radius 3 is 2.67 bits per heavy atom. The maximum Gasteiger partial charge on any atom is 0.0453 e. The molecule has 100 valence electrons. The van der Waals surface area contributed by atoms with E-state index in [0.29, 0.717) is 5.02 Å². The summed E-state index contributed by atoms with van der Waals surface area (Å²) in [6, 6.07) is 5.87. The molecule has 1 aliphatic heterocycles. The normalized spacial score (nSPS) is 18.8. The molecular formula is C14H19Cl2NS. The molecule has 0 amide bonds. The van der Waals surface area contributed by atoms with Crippen LogP contribution in [0.15, 0.2) is 18.2 Å². The van der Waals surface area contributed by atoms with Gasteiger partial charge in [-0.1, -0.05) is 29.3 Å². The van der Waals surface area contributed by atoms with Gasteiger partial charge < -0.3 is 5.73 Å². The quantitative estimate of drug-likeness (QED) is 0.892. The van der Waals surface area contributed by atoms with Gasteiger partial charge in [-0.25, -0.2) is 0 Å². The zero-order valence-electron chi connectivity index (χ0n) is 10.4. The molecule has 0 aliphatic carbocycles. The molecular weight excluding hydrogens is 285 g/mol. The van der Waals surface area contributed by atoms with Gasteiger partial charge in [0, 0.05) is 16.1 Å². The third-order valence-electron chi connectivity index (χ3n) is 3.47. The zero-order valence-corrected chi connectivity index (χ0v) is 12.7. The predicted octanol–water partition coefficient (Wildman–Crippen LogP) is 4.40. The summed E-state index contributed by atoms with van der Waals surface area (Å²) in [6.45, 7) is 0. The molecule has 1 aromatic carbocycles. The lowest BCUT2D eigenvalue weighted by Gasteiger charge is -2.24. The second-order valence-electron chi connectivity index (χ2n) is 4.99. The van der Waals surface area contributed by atoms with Crippen LogP contribution in [0.4, 0.5) is 0 Å². The van der Waals surface area contributed by atoms with Crippen molar-refractivity contribution < 1.29 is 0 Å². The van der Waals surface area contributed by atoms with Crippen molar-refractivity contribution >= 4 is 35.0 Å². The Morgan fingerprint density at radius 1 is 1.28 bits per heavy atom. The molecule has 2 rings (SSSR count). The second kappa shape index (κ2) is 7.04. The number of rotatable bonds is 4. The maximum absolute atomic E-state index is 6.25. The number of hydrogen-bond acceptors (Lipinski definition) is 2. The molecule has 1 aliphatic rings. The van der Waals surface area contributed by atoms with E-state index in [0.717, 1.165) is 29.3 Å². The molecule has 0 spiro atoms. The first-order valence-electron chi connectivity index (χ1n) is 6.42. The molecule has 0 radical (unpaired) electrons. The number of benzene rings is 1. The molecule has 1 unspecified atom stereocenters. The van der Waals surface area contributed by atoms with Gasteiger partial charge in [0.25, 0.3) is 0 Å². The van der Waals surface area contributed by atoms with Gasteiger partial charge in [0.05, 0.1) is 0 Å². The van der Waals surface area contributed by atoms with Crippen molar-refractivity contribution in [3.8, 4) is 0 Å². The SMILES string of the molecule is NC(Cc1ccc(Cl)cc1Cl)CC1CCSCC1. The average molecular weight is 304 g/mol. The highest BCUT2D eigenvalue weighted by atomic mass is 35.5. The summed E-state index contributed by atoms with van der Waals surface area (Å²) in [5.41, 5.74) is 7.36. The van der Waals surface area contributed by atoms with Crippen molar-refractivity contribution in [2.45, 2.75) is 31.7 Å². The monoisotopic (exact) mass is 303 g/mol. The van der Waals surface area contributed by atoms with E-state index in [-0.39, 0.29) is 6.04 Å². The van der Waals surface area contributed by atoms with E-state index in [1.54, 1.807) is 6.07 Å². The van der Waals surface area contributed by atoms with Crippen molar-refractivity contribution in [1.29, 1.82) is 0 Å². The number of hydrogen-bond donors (Lipinski definition) is 1. The Balaban J connectivity index is 1.87. The molecule has 0 saturated carbocycles. The first-order valence-corrected chi connectivity index (χ1v) is 8.33. The van der Waals surface area contributed by atoms with Gasteiger partial charge in [-0.15, -0.1) is 0 Å². The van der Waals surface area contributed by atoms with Crippen molar-refractivity contribution in [2.75, 3.05) is 11.5 Å². The van der Waals surface area contributed by atoms with Gasteiger partial charge in [-0.3, -0.25) is 0 Å². The third kappa shape index (κ3) is 4.34. The van der Waals surface area contributed by atoms with E-state index in [2.05, 4.69) is 11.8 Å². The lowest BCUT2D eigenvalue weighted by atomic mass is 9.91.